The van der Waals surface area contributed by atoms with Gasteiger partial charge in [0.25, 0.3) is 0 Å². The van der Waals surface area contributed by atoms with Crippen molar-refractivity contribution in [3.8, 4) is 0 Å². The highest BCUT2D eigenvalue weighted by Crippen LogP contribution is 2.33. The lowest BCUT2D eigenvalue weighted by atomic mass is 9.80. The van der Waals surface area contributed by atoms with Gasteiger partial charge in [0, 0.05) is 17.1 Å². The number of fused-ring (bicyclic) bond motifs is 1. The molecule has 0 unspecified atom stereocenters. The lowest BCUT2D eigenvalue weighted by Gasteiger charge is -2.25. The Kier molecular flexibility index (Phi) is 2.73. The number of benzene rings is 1. The molecule has 1 nitrogen and oxygen atoms in total. The van der Waals surface area contributed by atoms with Crippen LogP contribution >= 0.6 is 0 Å². The molecular weight excluding hydrogens is 218 g/mol. The number of aromatic amines is 1. The largest absolute Gasteiger partial charge is 0.361 e. The molecule has 2 aromatic rings. The molecule has 0 amide bonds. The van der Waals surface area contributed by atoms with E-state index in [9.17, 15) is 0 Å². The molecule has 1 N–H and O–H groups in total. The van der Waals surface area contributed by atoms with Gasteiger partial charge in [-0.2, -0.15) is 0 Å². The summed E-state index contributed by atoms with van der Waals surface area (Å²) in [5.74, 6) is 0.933. The highest BCUT2D eigenvalue weighted by molar-refractivity contribution is 5.84. The molecule has 0 aliphatic heterocycles. The second kappa shape index (κ2) is 4.15. The Hall–Kier alpha value is -1.24. The summed E-state index contributed by atoms with van der Waals surface area (Å²) in [5, 5.41) is 1.44. The van der Waals surface area contributed by atoms with Crippen LogP contribution in [0.1, 0.15) is 51.2 Å². The van der Waals surface area contributed by atoms with Crippen LogP contribution in [0.5, 0.6) is 0 Å². The van der Waals surface area contributed by atoms with Crippen molar-refractivity contribution in [2.45, 2.75) is 51.9 Å². The van der Waals surface area contributed by atoms with Crippen LogP contribution in [-0.2, 0) is 11.8 Å². The average Bonchev–Trinajstić information content (AvgIpc) is 2.64. The van der Waals surface area contributed by atoms with E-state index in [0.29, 0.717) is 0 Å². The molecule has 1 aliphatic carbocycles. The molecule has 1 heterocycles. The van der Waals surface area contributed by atoms with E-state index in [1.54, 1.807) is 0 Å². The van der Waals surface area contributed by atoms with E-state index in [1.807, 2.05) is 0 Å². The van der Waals surface area contributed by atoms with Crippen LogP contribution in [0, 0.1) is 5.92 Å². The standard InChI is InChI=1S/C17H23N/c1-17(2,3)14-7-8-16-15(10-14)13(11-18-16)9-12-5-4-6-12/h7-8,10-12,18H,4-6,9H2,1-3H3. The van der Waals surface area contributed by atoms with Crippen LogP contribution in [0.2, 0.25) is 0 Å². The first-order valence-electron chi connectivity index (χ1n) is 7.14. The molecule has 1 saturated carbocycles. The summed E-state index contributed by atoms with van der Waals surface area (Å²) in [4.78, 5) is 3.42. The lowest BCUT2D eigenvalue weighted by molar-refractivity contribution is 0.315. The summed E-state index contributed by atoms with van der Waals surface area (Å²) >= 11 is 0. The Bertz CT molecular complexity index is 552. The van der Waals surface area contributed by atoms with Crippen LogP contribution in [0.4, 0.5) is 0 Å². The Labute approximate surface area is 110 Å². The van der Waals surface area contributed by atoms with Crippen molar-refractivity contribution in [1.29, 1.82) is 0 Å². The topological polar surface area (TPSA) is 15.8 Å². The van der Waals surface area contributed by atoms with Gasteiger partial charge in [-0.1, -0.05) is 46.1 Å². The molecule has 0 atom stereocenters. The summed E-state index contributed by atoms with van der Waals surface area (Å²) in [6.07, 6.45) is 7.75. The molecule has 1 aliphatic rings. The van der Waals surface area contributed by atoms with Crippen molar-refractivity contribution < 1.29 is 0 Å². The SMILES string of the molecule is CC(C)(C)c1ccc2[nH]cc(CC3CCC3)c2c1. The second-order valence-electron chi connectivity index (χ2n) is 6.83. The molecule has 1 aromatic heterocycles. The Morgan fingerprint density at radius 3 is 2.61 bits per heavy atom. The number of nitrogens with one attached hydrogen (secondary N) is 1. The van der Waals surface area contributed by atoms with Crippen LogP contribution in [-0.4, -0.2) is 4.98 Å². The highest BCUT2D eigenvalue weighted by Gasteiger charge is 2.20. The number of hydrogen-bond donors (Lipinski definition) is 1. The fraction of sp³-hybridized carbons (Fsp3) is 0.529. The van der Waals surface area contributed by atoms with Crippen LogP contribution in [0.15, 0.2) is 24.4 Å². The fourth-order valence-corrected chi connectivity index (χ4v) is 2.82. The van der Waals surface area contributed by atoms with Crippen molar-refractivity contribution in [3.05, 3.63) is 35.5 Å². The van der Waals surface area contributed by atoms with E-state index in [1.165, 1.54) is 47.7 Å². The summed E-state index contributed by atoms with van der Waals surface area (Å²) in [6, 6.07) is 6.88. The van der Waals surface area contributed by atoms with Crippen molar-refractivity contribution in [2.24, 2.45) is 5.92 Å². The lowest BCUT2D eigenvalue weighted by Crippen LogP contribution is -2.13. The maximum Gasteiger partial charge on any atom is 0.0456 e. The number of aromatic nitrogens is 1. The number of hydrogen-bond acceptors (Lipinski definition) is 0. The van der Waals surface area contributed by atoms with Gasteiger partial charge in [-0.15, -0.1) is 0 Å². The van der Waals surface area contributed by atoms with E-state index in [0.717, 1.165) is 5.92 Å². The van der Waals surface area contributed by atoms with E-state index < -0.39 is 0 Å². The Morgan fingerprint density at radius 2 is 2.00 bits per heavy atom. The molecule has 1 heteroatoms. The molecule has 1 aromatic carbocycles. The zero-order valence-electron chi connectivity index (χ0n) is 11.7. The Balaban J connectivity index is 1.99. The first-order chi connectivity index (χ1) is 8.54. The predicted molar refractivity (Wildman–Crippen MR) is 78.0 cm³/mol. The molecule has 0 radical (unpaired) electrons. The monoisotopic (exact) mass is 241 g/mol. The molecule has 18 heavy (non-hydrogen) atoms. The zero-order valence-corrected chi connectivity index (χ0v) is 11.7. The highest BCUT2D eigenvalue weighted by atomic mass is 14.7. The third kappa shape index (κ3) is 2.07. The first-order valence-corrected chi connectivity index (χ1v) is 7.14. The van der Waals surface area contributed by atoms with Gasteiger partial charge in [-0.25, -0.2) is 0 Å². The smallest absolute Gasteiger partial charge is 0.0456 e. The third-order valence-electron chi connectivity index (χ3n) is 4.37. The van der Waals surface area contributed by atoms with E-state index >= 15 is 0 Å². The van der Waals surface area contributed by atoms with Crippen LogP contribution < -0.4 is 0 Å². The fourth-order valence-electron chi connectivity index (χ4n) is 2.82. The van der Waals surface area contributed by atoms with Gasteiger partial charge in [0.05, 0.1) is 0 Å². The minimum atomic E-state index is 0.235. The summed E-state index contributed by atoms with van der Waals surface area (Å²) in [5.41, 5.74) is 4.47. The predicted octanol–water partition coefficient (Wildman–Crippen LogP) is 4.81. The van der Waals surface area contributed by atoms with Gasteiger partial charge in [-0.05, 0) is 41.0 Å². The summed E-state index contributed by atoms with van der Waals surface area (Å²) < 4.78 is 0. The van der Waals surface area contributed by atoms with Gasteiger partial charge < -0.3 is 4.98 Å². The average molecular weight is 241 g/mol. The van der Waals surface area contributed by atoms with Crippen molar-refractivity contribution in [3.63, 3.8) is 0 Å². The quantitative estimate of drug-likeness (QED) is 0.776. The molecule has 1 fully saturated rings. The second-order valence-corrected chi connectivity index (χ2v) is 6.83. The molecule has 0 saturated heterocycles. The van der Waals surface area contributed by atoms with Gasteiger partial charge in [0.15, 0.2) is 0 Å². The van der Waals surface area contributed by atoms with Gasteiger partial charge >= 0.3 is 0 Å². The van der Waals surface area contributed by atoms with Crippen molar-refractivity contribution in [1.82, 2.24) is 4.98 Å². The maximum atomic E-state index is 3.42. The normalized spacial score (nSPS) is 17.1. The minimum absolute atomic E-state index is 0.235. The van der Waals surface area contributed by atoms with E-state index in [-0.39, 0.29) is 5.41 Å². The van der Waals surface area contributed by atoms with Gasteiger partial charge in [-0.3, -0.25) is 0 Å². The van der Waals surface area contributed by atoms with Crippen LogP contribution in [0.3, 0.4) is 0 Å². The maximum absolute atomic E-state index is 3.42. The van der Waals surface area contributed by atoms with E-state index in [2.05, 4.69) is 50.2 Å². The molecule has 0 spiro atoms. The number of H-pyrrole nitrogens is 1. The molecule has 0 bridgehead atoms. The van der Waals surface area contributed by atoms with E-state index in [4.69, 9.17) is 0 Å². The zero-order chi connectivity index (χ0) is 12.8. The van der Waals surface area contributed by atoms with Gasteiger partial charge in [0.1, 0.15) is 0 Å². The Morgan fingerprint density at radius 1 is 1.22 bits per heavy atom. The summed E-state index contributed by atoms with van der Waals surface area (Å²) in [6.45, 7) is 6.85. The third-order valence-corrected chi connectivity index (χ3v) is 4.37. The van der Waals surface area contributed by atoms with Gasteiger partial charge in [0.2, 0.25) is 0 Å². The summed E-state index contributed by atoms with van der Waals surface area (Å²) in [7, 11) is 0. The van der Waals surface area contributed by atoms with Crippen LogP contribution in [0.25, 0.3) is 10.9 Å². The van der Waals surface area contributed by atoms with Crippen molar-refractivity contribution in [2.75, 3.05) is 0 Å². The number of rotatable bonds is 2. The van der Waals surface area contributed by atoms with Crippen molar-refractivity contribution >= 4 is 10.9 Å². The molecule has 96 valence electrons. The molecule has 3 rings (SSSR count). The minimum Gasteiger partial charge on any atom is -0.361 e. The first kappa shape index (κ1) is 11.8. The molecular formula is C17H23N.